The van der Waals surface area contributed by atoms with Gasteiger partial charge in [-0.25, -0.2) is 9.86 Å². The Bertz CT molecular complexity index is 632. The maximum absolute atomic E-state index is 11.7. The van der Waals surface area contributed by atoms with Gasteiger partial charge in [-0.15, -0.1) is 0 Å². The summed E-state index contributed by atoms with van der Waals surface area (Å²) in [5, 5.41) is 3.82. The molecule has 25 heavy (non-hydrogen) atoms. The molecule has 134 valence electrons. The van der Waals surface area contributed by atoms with Crippen molar-refractivity contribution in [3.63, 3.8) is 0 Å². The number of rotatable bonds is 9. The monoisotopic (exact) mass is 344 g/mol. The van der Waals surface area contributed by atoms with E-state index in [1.54, 1.807) is 12.1 Å². The van der Waals surface area contributed by atoms with E-state index in [9.17, 15) is 4.79 Å². The molecule has 6 nitrogen and oxygen atoms in total. The van der Waals surface area contributed by atoms with Gasteiger partial charge in [0.2, 0.25) is 0 Å². The van der Waals surface area contributed by atoms with Crippen molar-refractivity contribution in [3.8, 4) is 11.5 Å². The van der Waals surface area contributed by atoms with E-state index < -0.39 is 0 Å². The molecule has 2 amide bonds. The molecule has 0 heterocycles. The van der Waals surface area contributed by atoms with Gasteiger partial charge in [0.05, 0.1) is 20.3 Å². The number of carbonyl (C=O) groups excluding carboxylic acids is 1. The number of hydrogen-bond donors (Lipinski definition) is 1. The van der Waals surface area contributed by atoms with Crippen LogP contribution in [0.5, 0.6) is 11.5 Å². The first-order valence-corrected chi connectivity index (χ1v) is 8.18. The van der Waals surface area contributed by atoms with Gasteiger partial charge in [0.25, 0.3) is 0 Å². The molecule has 0 spiro atoms. The summed E-state index contributed by atoms with van der Waals surface area (Å²) >= 11 is 0. The lowest BCUT2D eigenvalue weighted by Crippen LogP contribution is -2.30. The minimum atomic E-state index is -0.338. The van der Waals surface area contributed by atoms with Gasteiger partial charge in [-0.05, 0) is 49.2 Å². The maximum Gasteiger partial charge on any atom is 0.345 e. The van der Waals surface area contributed by atoms with Crippen molar-refractivity contribution >= 4 is 11.7 Å². The third kappa shape index (κ3) is 6.73. The average molecular weight is 344 g/mol. The van der Waals surface area contributed by atoms with E-state index in [0.717, 1.165) is 29.4 Å². The topological polar surface area (TPSA) is 60.0 Å². The fourth-order valence-electron chi connectivity index (χ4n) is 2.02. The number of hydroxylamine groups is 2. The number of nitrogens with one attached hydrogen (secondary N) is 1. The van der Waals surface area contributed by atoms with E-state index in [1.165, 1.54) is 14.2 Å². The van der Waals surface area contributed by atoms with E-state index in [-0.39, 0.29) is 6.03 Å². The first kappa shape index (κ1) is 18.6. The predicted molar refractivity (Wildman–Crippen MR) is 96.9 cm³/mol. The fraction of sp³-hybridized carbons (Fsp3) is 0.316. The number of carbonyl (C=O) groups is 1. The molecule has 2 rings (SSSR count). The van der Waals surface area contributed by atoms with E-state index >= 15 is 0 Å². The van der Waals surface area contributed by atoms with Crippen LogP contribution < -0.4 is 14.8 Å². The highest BCUT2D eigenvalue weighted by Crippen LogP contribution is 2.16. The summed E-state index contributed by atoms with van der Waals surface area (Å²) in [4.78, 5) is 16.5. The van der Waals surface area contributed by atoms with Crippen LogP contribution in [0, 0.1) is 0 Å². The summed E-state index contributed by atoms with van der Waals surface area (Å²) in [6.45, 7) is 1.29. The zero-order chi connectivity index (χ0) is 17.9. The van der Waals surface area contributed by atoms with Crippen molar-refractivity contribution in [2.75, 3.05) is 32.7 Å². The molecule has 0 saturated carbocycles. The summed E-state index contributed by atoms with van der Waals surface area (Å²) in [6, 6.07) is 16.6. The number of hydrogen-bond acceptors (Lipinski definition) is 4. The summed E-state index contributed by atoms with van der Waals surface area (Å²) in [7, 11) is 2.97. The number of ether oxygens (including phenoxy) is 2. The second-order valence-electron chi connectivity index (χ2n) is 5.35. The molecule has 0 aliphatic rings. The highest BCUT2D eigenvalue weighted by molar-refractivity contribution is 5.88. The van der Waals surface area contributed by atoms with Crippen LogP contribution in [-0.2, 0) is 4.84 Å². The van der Waals surface area contributed by atoms with Crippen molar-refractivity contribution in [1.82, 2.24) is 5.06 Å². The van der Waals surface area contributed by atoms with Gasteiger partial charge in [-0.2, -0.15) is 0 Å². The quantitative estimate of drug-likeness (QED) is 0.553. The van der Waals surface area contributed by atoms with Gasteiger partial charge < -0.3 is 14.8 Å². The molecule has 6 heteroatoms. The van der Waals surface area contributed by atoms with E-state index in [2.05, 4.69) is 5.32 Å². The molecule has 2 aromatic carbocycles. The molecule has 0 unspecified atom stereocenters. The number of nitrogens with zero attached hydrogens (tertiary/aromatic N) is 1. The second-order valence-corrected chi connectivity index (χ2v) is 5.35. The van der Waals surface area contributed by atoms with Crippen molar-refractivity contribution < 1.29 is 19.1 Å². The summed E-state index contributed by atoms with van der Waals surface area (Å²) in [5.41, 5.74) is 0.678. The van der Waals surface area contributed by atoms with Gasteiger partial charge in [0.1, 0.15) is 11.5 Å². The average Bonchev–Trinajstić information content (AvgIpc) is 2.66. The lowest BCUT2D eigenvalue weighted by atomic mass is 10.3. The molecule has 0 saturated heterocycles. The molecule has 0 aliphatic heterocycles. The maximum atomic E-state index is 11.7. The third-order valence-corrected chi connectivity index (χ3v) is 3.48. The zero-order valence-corrected chi connectivity index (χ0v) is 14.6. The van der Waals surface area contributed by atoms with Crippen molar-refractivity contribution in [2.45, 2.75) is 12.8 Å². The van der Waals surface area contributed by atoms with Crippen LogP contribution in [0.1, 0.15) is 12.8 Å². The summed E-state index contributed by atoms with van der Waals surface area (Å²) in [6.07, 6.45) is 1.83. The number of amides is 2. The number of anilines is 1. The predicted octanol–water partition coefficient (Wildman–Crippen LogP) is 3.95. The number of urea groups is 1. The van der Waals surface area contributed by atoms with Crippen LogP contribution in [0.25, 0.3) is 0 Å². The van der Waals surface area contributed by atoms with Gasteiger partial charge in [0.15, 0.2) is 0 Å². The fourth-order valence-corrected chi connectivity index (χ4v) is 2.02. The summed E-state index contributed by atoms with van der Waals surface area (Å²) < 4.78 is 11.3. The number of benzene rings is 2. The Morgan fingerprint density at radius 1 is 0.920 bits per heavy atom. The minimum Gasteiger partial charge on any atom is -0.494 e. The van der Waals surface area contributed by atoms with Crippen LogP contribution in [0.2, 0.25) is 0 Å². The number of para-hydroxylation sites is 1. The highest BCUT2D eigenvalue weighted by Gasteiger charge is 2.07. The van der Waals surface area contributed by atoms with Gasteiger partial charge in [-0.1, -0.05) is 18.2 Å². The van der Waals surface area contributed by atoms with Crippen LogP contribution in [0.3, 0.4) is 0 Å². The van der Waals surface area contributed by atoms with E-state index in [4.69, 9.17) is 14.3 Å². The Hall–Kier alpha value is -2.73. The molecule has 2 aromatic rings. The molecule has 0 aromatic heterocycles. The van der Waals surface area contributed by atoms with Crippen molar-refractivity contribution in [2.24, 2.45) is 0 Å². The first-order chi connectivity index (χ1) is 12.2. The lowest BCUT2D eigenvalue weighted by molar-refractivity contribution is -0.0598. The van der Waals surface area contributed by atoms with Crippen LogP contribution in [-0.4, -0.2) is 38.5 Å². The Morgan fingerprint density at radius 2 is 1.48 bits per heavy atom. The van der Waals surface area contributed by atoms with Crippen LogP contribution in [0.15, 0.2) is 54.6 Å². The van der Waals surface area contributed by atoms with Crippen LogP contribution >= 0.6 is 0 Å². The zero-order valence-electron chi connectivity index (χ0n) is 14.6. The third-order valence-electron chi connectivity index (χ3n) is 3.48. The Kier molecular flexibility index (Phi) is 7.59. The van der Waals surface area contributed by atoms with Crippen molar-refractivity contribution in [1.29, 1.82) is 0 Å². The molecule has 0 fully saturated rings. The van der Waals surface area contributed by atoms with Crippen LogP contribution in [0.4, 0.5) is 10.5 Å². The Balaban J connectivity index is 1.62. The molecular weight excluding hydrogens is 320 g/mol. The molecule has 0 radical (unpaired) electrons. The molecule has 1 N–H and O–H groups in total. The first-order valence-electron chi connectivity index (χ1n) is 8.18. The molecular formula is C19H24N2O4. The SMILES string of the molecule is CON(C)C(=O)Nc1ccc(OCCCCOc2ccccc2)cc1. The van der Waals surface area contributed by atoms with E-state index in [0.29, 0.717) is 18.9 Å². The largest absolute Gasteiger partial charge is 0.494 e. The van der Waals surface area contributed by atoms with Gasteiger partial charge >= 0.3 is 6.03 Å². The Morgan fingerprint density at radius 3 is 2.04 bits per heavy atom. The Labute approximate surface area is 148 Å². The van der Waals surface area contributed by atoms with E-state index in [1.807, 2.05) is 42.5 Å². The molecule has 0 aliphatic carbocycles. The second kappa shape index (κ2) is 10.2. The highest BCUT2D eigenvalue weighted by atomic mass is 16.7. The lowest BCUT2D eigenvalue weighted by Gasteiger charge is -2.14. The molecule has 0 atom stereocenters. The smallest absolute Gasteiger partial charge is 0.345 e. The standard InChI is InChI=1S/C19H24N2O4/c1-21(23-2)19(22)20-16-10-12-18(13-11-16)25-15-7-6-14-24-17-8-4-3-5-9-17/h3-5,8-13H,6-7,14-15H2,1-2H3,(H,20,22). The normalized spacial score (nSPS) is 10.2. The molecule has 0 bridgehead atoms. The van der Waals surface area contributed by atoms with Gasteiger partial charge in [-0.3, -0.25) is 4.84 Å². The summed E-state index contributed by atoms with van der Waals surface area (Å²) in [5.74, 6) is 1.65. The number of unbranched alkanes of at least 4 members (excludes halogenated alkanes) is 1. The van der Waals surface area contributed by atoms with Gasteiger partial charge in [0, 0.05) is 12.7 Å². The van der Waals surface area contributed by atoms with Crippen molar-refractivity contribution in [3.05, 3.63) is 54.6 Å². The minimum absolute atomic E-state index is 0.338.